The highest BCUT2D eigenvalue weighted by Crippen LogP contribution is 2.32. The average molecular weight is 290 g/mol. The first-order chi connectivity index (χ1) is 9.63. The van der Waals surface area contributed by atoms with Crippen LogP contribution in [0.2, 0.25) is 0 Å². The molecular weight excluding hydrogens is 272 g/mol. The molecule has 0 spiro atoms. The smallest absolute Gasteiger partial charge is 0.253 e. The molecule has 20 heavy (non-hydrogen) atoms. The van der Waals surface area contributed by atoms with Crippen LogP contribution in [-0.4, -0.2) is 17.0 Å². The van der Waals surface area contributed by atoms with Crippen LogP contribution in [0.4, 0.5) is 5.82 Å². The van der Waals surface area contributed by atoms with Crippen molar-refractivity contribution in [2.45, 2.75) is 29.4 Å². The number of nitrogens with zero attached hydrogens (tertiary/aromatic N) is 1. The van der Waals surface area contributed by atoms with Gasteiger partial charge in [0.15, 0.2) is 5.16 Å². The SMILES string of the molecule is CCC(NC)c1ccccc1Sc1nc(N)cc(=O)[nH]1. The second-order valence-corrected chi connectivity index (χ2v) is 5.40. The van der Waals surface area contributed by atoms with E-state index in [-0.39, 0.29) is 17.4 Å². The maximum absolute atomic E-state index is 11.4. The van der Waals surface area contributed by atoms with Crippen LogP contribution in [0, 0.1) is 0 Å². The van der Waals surface area contributed by atoms with Crippen LogP contribution in [0.15, 0.2) is 45.2 Å². The number of aromatic nitrogens is 2. The summed E-state index contributed by atoms with van der Waals surface area (Å²) in [7, 11) is 1.94. The Hall–Kier alpha value is -1.79. The van der Waals surface area contributed by atoms with Crippen LogP contribution in [0.25, 0.3) is 0 Å². The number of anilines is 1. The van der Waals surface area contributed by atoms with Gasteiger partial charge in [0.25, 0.3) is 5.56 Å². The molecule has 0 aliphatic heterocycles. The summed E-state index contributed by atoms with van der Waals surface area (Å²) >= 11 is 1.41. The summed E-state index contributed by atoms with van der Waals surface area (Å²) in [5, 5.41) is 3.79. The van der Waals surface area contributed by atoms with E-state index in [2.05, 4.69) is 28.3 Å². The first kappa shape index (κ1) is 14.6. The number of nitrogens with one attached hydrogen (secondary N) is 2. The molecule has 2 aromatic rings. The molecule has 1 atom stereocenters. The molecule has 1 unspecified atom stereocenters. The minimum absolute atomic E-state index is 0.231. The van der Waals surface area contributed by atoms with Gasteiger partial charge in [-0.15, -0.1) is 0 Å². The number of nitrogens with two attached hydrogens (primary N) is 1. The fourth-order valence-corrected chi connectivity index (χ4v) is 3.03. The quantitative estimate of drug-likeness (QED) is 0.735. The predicted molar refractivity (Wildman–Crippen MR) is 81.9 cm³/mol. The number of rotatable bonds is 5. The third-order valence-corrected chi connectivity index (χ3v) is 3.98. The zero-order valence-corrected chi connectivity index (χ0v) is 12.3. The Kier molecular flexibility index (Phi) is 4.81. The van der Waals surface area contributed by atoms with Gasteiger partial charge in [0.2, 0.25) is 0 Å². The van der Waals surface area contributed by atoms with Crippen LogP contribution in [0.5, 0.6) is 0 Å². The van der Waals surface area contributed by atoms with Crippen LogP contribution < -0.4 is 16.6 Å². The van der Waals surface area contributed by atoms with Gasteiger partial charge in [-0.3, -0.25) is 4.79 Å². The molecule has 1 aromatic carbocycles. The summed E-state index contributed by atoms with van der Waals surface area (Å²) in [6.07, 6.45) is 0.981. The number of benzene rings is 1. The monoisotopic (exact) mass is 290 g/mol. The van der Waals surface area contributed by atoms with E-state index in [0.717, 1.165) is 11.3 Å². The summed E-state index contributed by atoms with van der Waals surface area (Å²) in [6.45, 7) is 2.13. The normalized spacial score (nSPS) is 12.3. The molecule has 1 heterocycles. The topological polar surface area (TPSA) is 83.8 Å². The van der Waals surface area contributed by atoms with Crippen molar-refractivity contribution in [1.82, 2.24) is 15.3 Å². The molecule has 1 aromatic heterocycles. The molecular formula is C14H18N4OS. The molecule has 106 valence electrons. The Balaban J connectivity index is 2.36. The van der Waals surface area contributed by atoms with Crippen molar-refractivity contribution in [2.75, 3.05) is 12.8 Å². The van der Waals surface area contributed by atoms with E-state index < -0.39 is 0 Å². The molecule has 0 amide bonds. The second-order valence-electron chi connectivity index (χ2n) is 4.36. The number of H-pyrrole nitrogens is 1. The molecule has 0 aliphatic rings. The standard InChI is InChI=1S/C14H18N4OS/c1-3-10(16-2)9-6-4-5-7-11(9)20-14-17-12(15)8-13(19)18-14/h4-8,10,16H,3H2,1-2H3,(H3,15,17,18,19). The van der Waals surface area contributed by atoms with Crippen molar-refractivity contribution in [3.63, 3.8) is 0 Å². The minimum atomic E-state index is -0.238. The molecule has 0 saturated carbocycles. The van der Waals surface area contributed by atoms with Crippen LogP contribution in [0.1, 0.15) is 24.9 Å². The molecule has 2 rings (SSSR count). The van der Waals surface area contributed by atoms with E-state index >= 15 is 0 Å². The fourth-order valence-electron chi connectivity index (χ4n) is 2.05. The average Bonchev–Trinajstić information content (AvgIpc) is 2.41. The van der Waals surface area contributed by atoms with Gasteiger partial charge in [-0.05, 0) is 25.1 Å². The molecule has 4 N–H and O–H groups in total. The van der Waals surface area contributed by atoms with Gasteiger partial charge in [0.05, 0.1) is 0 Å². The van der Waals surface area contributed by atoms with Crippen molar-refractivity contribution in [3.8, 4) is 0 Å². The van der Waals surface area contributed by atoms with Gasteiger partial charge in [0.1, 0.15) is 5.82 Å². The zero-order valence-electron chi connectivity index (χ0n) is 11.5. The van der Waals surface area contributed by atoms with E-state index in [1.807, 2.05) is 25.2 Å². The van der Waals surface area contributed by atoms with E-state index in [1.165, 1.54) is 23.4 Å². The van der Waals surface area contributed by atoms with Crippen LogP contribution in [0.3, 0.4) is 0 Å². The third kappa shape index (κ3) is 3.40. The number of hydrogen-bond acceptors (Lipinski definition) is 5. The first-order valence-corrected chi connectivity index (χ1v) is 7.26. The zero-order chi connectivity index (χ0) is 14.5. The number of hydrogen-bond donors (Lipinski definition) is 3. The Morgan fingerprint density at radius 2 is 2.20 bits per heavy atom. The summed E-state index contributed by atoms with van der Waals surface area (Å²) in [6, 6.07) is 9.62. The van der Waals surface area contributed by atoms with Crippen molar-refractivity contribution in [3.05, 3.63) is 46.2 Å². The van der Waals surface area contributed by atoms with Crippen LogP contribution in [-0.2, 0) is 0 Å². The maximum atomic E-state index is 11.4. The molecule has 0 radical (unpaired) electrons. The Morgan fingerprint density at radius 1 is 1.45 bits per heavy atom. The van der Waals surface area contributed by atoms with E-state index in [1.54, 1.807) is 0 Å². The maximum Gasteiger partial charge on any atom is 0.253 e. The molecule has 6 heteroatoms. The van der Waals surface area contributed by atoms with E-state index in [0.29, 0.717) is 5.16 Å². The lowest BCUT2D eigenvalue weighted by Gasteiger charge is -2.17. The summed E-state index contributed by atoms with van der Waals surface area (Å²) in [4.78, 5) is 19.3. The first-order valence-electron chi connectivity index (χ1n) is 6.45. The fraction of sp³-hybridized carbons (Fsp3) is 0.286. The lowest BCUT2D eigenvalue weighted by atomic mass is 10.1. The van der Waals surface area contributed by atoms with E-state index in [9.17, 15) is 4.79 Å². The number of aromatic amines is 1. The van der Waals surface area contributed by atoms with Gasteiger partial charge in [-0.25, -0.2) is 4.98 Å². The summed E-state index contributed by atoms with van der Waals surface area (Å²) in [5.41, 5.74) is 6.56. The van der Waals surface area contributed by atoms with Crippen molar-refractivity contribution in [1.29, 1.82) is 0 Å². The summed E-state index contributed by atoms with van der Waals surface area (Å²) < 4.78 is 0. The minimum Gasteiger partial charge on any atom is -0.383 e. The van der Waals surface area contributed by atoms with Gasteiger partial charge in [-0.1, -0.05) is 36.9 Å². The van der Waals surface area contributed by atoms with Crippen molar-refractivity contribution in [2.24, 2.45) is 0 Å². The largest absolute Gasteiger partial charge is 0.383 e. The second kappa shape index (κ2) is 6.58. The highest BCUT2D eigenvalue weighted by atomic mass is 32.2. The highest BCUT2D eigenvalue weighted by molar-refractivity contribution is 7.99. The molecule has 0 saturated heterocycles. The number of nitrogen functional groups attached to an aromatic ring is 1. The van der Waals surface area contributed by atoms with Crippen molar-refractivity contribution < 1.29 is 0 Å². The Labute approximate surface area is 122 Å². The lowest BCUT2D eigenvalue weighted by Crippen LogP contribution is -2.16. The van der Waals surface area contributed by atoms with E-state index in [4.69, 9.17) is 5.73 Å². The third-order valence-electron chi connectivity index (χ3n) is 3.00. The Bertz CT molecular complexity index is 637. The molecule has 0 fully saturated rings. The molecule has 5 nitrogen and oxygen atoms in total. The predicted octanol–water partition coefficient (Wildman–Crippen LogP) is 2.17. The molecule has 0 aliphatic carbocycles. The van der Waals surface area contributed by atoms with Gasteiger partial charge < -0.3 is 16.0 Å². The summed E-state index contributed by atoms with van der Waals surface area (Å²) in [5.74, 6) is 0.231. The Morgan fingerprint density at radius 3 is 2.85 bits per heavy atom. The lowest BCUT2D eigenvalue weighted by molar-refractivity contribution is 0.568. The molecule has 0 bridgehead atoms. The van der Waals surface area contributed by atoms with Gasteiger partial charge in [-0.2, -0.15) is 0 Å². The van der Waals surface area contributed by atoms with Crippen molar-refractivity contribution >= 4 is 17.6 Å². The highest BCUT2D eigenvalue weighted by Gasteiger charge is 2.13. The van der Waals surface area contributed by atoms with Gasteiger partial charge in [0, 0.05) is 17.0 Å². The van der Waals surface area contributed by atoms with Gasteiger partial charge >= 0.3 is 0 Å². The van der Waals surface area contributed by atoms with Crippen LogP contribution >= 0.6 is 11.8 Å².